The molecular formula is C46H44N6. The van der Waals surface area contributed by atoms with Crippen molar-refractivity contribution < 1.29 is 0 Å². The van der Waals surface area contributed by atoms with Crippen LogP contribution in [-0.2, 0) is 0 Å². The van der Waals surface area contributed by atoms with Crippen LogP contribution in [0.4, 0.5) is 22.7 Å². The lowest BCUT2D eigenvalue weighted by Crippen LogP contribution is -2.05. The van der Waals surface area contributed by atoms with Crippen molar-refractivity contribution in [3.63, 3.8) is 0 Å². The number of rotatable bonds is 9. The van der Waals surface area contributed by atoms with Gasteiger partial charge in [0.2, 0.25) is 0 Å². The molecule has 6 nitrogen and oxygen atoms in total. The Bertz CT molecular complexity index is 2230. The van der Waals surface area contributed by atoms with Gasteiger partial charge in [-0.15, -0.1) is 0 Å². The first-order valence-electron chi connectivity index (χ1n) is 17.6. The Morgan fingerprint density at radius 2 is 0.654 bits per heavy atom. The summed E-state index contributed by atoms with van der Waals surface area (Å²) in [6.07, 6.45) is 0. The molecule has 4 aromatic carbocycles. The molecule has 0 aliphatic rings. The van der Waals surface area contributed by atoms with Gasteiger partial charge in [-0.25, -0.2) is 9.97 Å². The van der Waals surface area contributed by atoms with Crippen LogP contribution >= 0.6 is 0 Å². The summed E-state index contributed by atoms with van der Waals surface area (Å²) in [5, 5.41) is 0. The molecule has 2 heterocycles. The van der Waals surface area contributed by atoms with Crippen LogP contribution < -0.4 is 0 Å². The van der Waals surface area contributed by atoms with Gasteiger partial charge in [-0.2, -0.15) is 0 Å². The van der Waals surface area contributed by atoms with Crippen LogP contribution in [-0.4, -0.2) is 32.8 Å². The number of aromatic nitrogens is 2. The van der Waals surface area contributed by atoms with Crippen molar-refractivity contribution in [2.75, 3.05) is 0 Å². The van der Waals surface area contributed by atoms with Crippen molar-refractivity contribution in [3.8, 4) is 11.1 Å². The van der Waals surface area contributed by atoms with Crippen LogP contribution in [0.25, 0.3) is 11.1 Å². The van der Waals surface area contributed by atoms with Crippen molar-refractivity contribution in [1.82, 2.24) is 9.97 Å². The molecule has 2 aromatic heterocycles. The second-order valence-corrected chi connectivity index (χ2v) is 13.2. The molecule has 0 atom stereocenters. The number of aliphatic imine (C=N–C) groups is 4. The fraction of sp³-hybridized carbons (Fsp3) is 0.174. The highest BCUT2D eigenvalue weighted by Gasteiger charge is 2.10. The van der Waals surface area contributed by atoms with Gasteiger partial charge in [0.25, 0.3) is 0 Å². The summed E-state index contributed by atoms with van der Waals surface area (Å²) in [5.41, 5.74) is 17.2. The summed E-state index contributed by atoms with van der Waals surface area (Å²) in [4.78, 5) is 29.4. The lowest BCUT2D eigenvalue weighted by Gasteiger charge is -2.10. The third-order valence-electron chi connectivity index (χ3n) is 9.09. The molecule has 6 aromatic rings. The van der Waals surface area contributed by atoms with E-state index in [1.54, 1.807) is 0 Å². The molecule has 258 valence electrons. The van der Waals surface area contributed by atoms with Gasteiger partial charge in [-0.3, -0.25) is 20.0 Å². The summed E-state index contributed by atoms with van der Waals surface area (Å²) in [6, 6.07) is 41.0. The third-order valence-corrected chi connectivity index (χ3v) is 9.09. The number of para-hydroxylation sites is 2. The summed E-state index contributed by atoms with van der Waals surface area (Å²) in [5.74, 6) is 0. The number of nitrogens with zero attached hydrogens (tertiary/aromatic N) is 6. The van der Waals surface area contributed by atoms with E-state index in [4.69, 9.17) is 29.9 Å². The zero-order chi connectivity index (χ0) is 36.8. The molecule has 52 heavy (non-hydrogen) atoms. The van der Waals surface area contributed by atoms with Crippen molar-refractivity contribution >= 4 is 45.6 Å². The first kappa shape index (κ1) is 35.7. The number of pyridine rings is 2. The Kier molecular flexibility index (Phi) is 10.9. The van der Waals surface area contributed by atoms with Gasteiger partial charge in [0.05, 0.1) is 68.4 Å². The lowest BCUT2D eigenvalue weighted by atomic mass is 10.00. The molecule has 0 unspecified atom stereocenters. The Morgan fingerprint density at radius 1 is 0.346 bits per heavy atom. The number of aryl methyl sites for hydroxylation is 4. The molecule has 0 saturated carbocycles. The van der Waals surface area contributed by atoms with Gasteiger partial charge < -0.3 is 0 Å². The van der Waals surface area contributed by atoms with Crippen molar-refractivity contribution in [3.05, 3.63) is 166 Å². The molecule has 0 aliphatic carbocycles. The minimum atomic E-state index is 0.829. The zero-order valence-corrected chi connectivity index (χ0v) is 31.2. The van der Waals surface area contributed by atoms with Crippen LogP contribution in [0.15, 0.2) is 141 Å². The van der Waals surface area contributed by atoms with Crippen molar-refractivity contribution in [1.29, 1.82) is 0 Å². The predicted octanol–water partition coefficient (Wildman–Crippen LogP) is 11.9. The second-order valence-electron chi connectivity index (χ2n) is 13.2. The highest BCUT2D eigenvalue weighted by molar-refractivity contribution is 6.03. The average Bonchev–Trinajstić information content (AvgIpc) is 3.15. The van der Waals surface area contributed by atoms with E-state index in [2.05, 4.69) is 76.2 Å². The highest BCUT2D eigenvalue weighted by atomic mass is 14.8. The minimum absolute atomic E-state index is 0.829. The Labute approximate surface area is 307 Å². The molecule has 6 heteroatoms. The van der Waals surface area contributed by atoms with E-state index in [0.29, 0.717) is 0 Å². The minimum Gasteiger partial charge on any atom is -0.251 e. The summed E-state index contributed by atoms with van der Waals surface area (Å²) in [7, 11) is 0. The largest absolute Gasteiger partial charge is 0.251 e. The summed E-state index contributed by atoms with van der Waals surface area (Å²) < 4.78 is 0. The molecule has 0 aliphatic heterocycles. The number of hydrogen-bond donors (Lipinski definition) is 0. The topological polar surface area (TPSA) is 75.2 Å². The quantitative estimate of drug-likeness (QED) is 0.143. The van der Waals surface area contributed by atoms with E-state index in [0.717, 1.165) is 102 Å². The molecular weight excluding hydrogens is 637 g/mol. The Morgan fingerprint density at radius 3 is 0.962 bits per heavy atom. The predicted molar refractivity (Wildman–Crippen MR) is 220 cm³/mol. The highest BCUT2D eigenvalue weighted by Crippen LogP contribution is 2.31. The summed E-state index contributed by atoms with van der Waals surface area (Å²) >= 11 is 0. The monoisotopic (exact) mass is 680 g/mol. The molecule has 6 rings (SSSR count). The van der Waals surface area contributed by atoms with Crippen molar-refractivity contribution in [2.45, 2.75) is 55.4 Å². The van der Waals surface area contributed by atoms with Gasteiger partial charge in [0.15, 0.2) is 0 Å². The standard InChI is InChI=1S/C46H44N6/c1-29-15-9-11-17-39(29)47-33(5)43-19-13-21-45(51-43)35(7)49-41-25-23-37(27-31(41)3)38-24-26-42(32(4)28-38)50-36(8)46-22-14-20-44(52-46)34(6)48-40-18-12-10-16-30(40)2/h9-28H,1-8H3. The molecule has 0 radical (unpaired) electrons. The lowest BCUT2D eigenvalue weighted by molar-refractivity contribution is 1.23. The third kappa shape index (κ3) is 8.41. The second kappa shape index (κ2) is 15.8. The maximum atomic E-state index is 4.98. The van der Waals surface area contributed by atoms with Gasteiger partial charge in [0, 0.05) is 0 Å². The smallest absolute Gasteiger partial charge is 0.0849 e. The van der Waals surface area contributed by atoms with E-state index < -0.39 is 0 Å². The van der Waals surface area contributed by atoms with Gasteiger partial charge in [-0.1, -0.05) is 60.7 Å². The molecule has 0 saturated heterocycles. The van der Waals surface area contributed by atoms with Crippen molar-refractivity contribution in [2.24, 2.45) is 20.0 Å². The first-order valence-corrected chi connectivity index (χ1v) is 17.6. The summed E-state index contributed by atoms with van der Waals surface area (Å²) in [6.45, 7) is 16.3. The van der Waals surface area contributed by atoms with Gasteiger partial charge >= 0.3 is 0 Å². The van der Waals surface area contributed by atoms with Gasteiger partial charge in [-0.05, 0) is 149 Å². The molecule has 0 amide bonds. The number of benzene rings is 4. The molecule has 0 spiro atoms. The Hall–Kier alpha value is -6.14. The average molecular weight is 681 g/mol. The fourth-order valence-corrected chi connectivity index (χ4v) is 5.93. The van der Waals surface area contributed by atoms with Gasteiger partial charge in [0.1, 0.15) is 0 Å². The van der Waals surface area contributed by atoms with E-state index in [-0.39, 0.29) is 0 Å². The van der Waals surface area contributed by atoms with Crippen LogP contribution in [0.5, 0.6) is 0 Å². The van der Waals surface area contributed by atoms with E-state index in [1.807, 2.05) is 100 Å². The Balaban J connectivity index is 1.19. The van der Waals surface area contributed by atoms with Crippen LogP contribution in [0.2, 0.25) is 0 Å². The normalized spacial score (nSPS) is 12.7. The van der Waals surface area contributed by atoms with E-state index in [9.17, 15) is 0 Å². The van der Waals surface area contributed by atoms with Crippen LogP contribution in [0.3, 0.4) is 0 Å². The maximum Gasteiger partial charge on any atom is 0.0849 e. The van der Waals surface area contributed by atoms with Crippen LogP contribution in [0.1, 0.15) is 72.7 Å². The number of hydrogen-bond acceptors (Lipinski definition) is 6. The molecule has 0 N–H and O–H groups in total. The van der Waals surface area contributed by atoms with E-state index in [1.165, 1.54) is 0 Å². The van der Waals surface area contributed by atoms with Crippen LogP contribution in [0, 0.1) is 27.7 Å². The molecule has 0 bridgehead atoms. The van der Waals surface area contributed by atoms with E-state index >= 15 is 0 Å². The first-order chi connectivity index (χ1) is 25.0. The maximum absolute atomic E-state index is 4.98. The SMILES string of the molecule is CC(=Nc1ccccc1C)c1cccc(C(C)=Nc2ccc(-c3ccc(N=C(C)c4cccc(C(C)=Nc5ccccc5C)n4)c(C)c3)cc2C)n1. The molecule has 0 fully saturated rings. The zero-order valence-electron chi connectivity index (χ0n) is 31.2. The fourth-order valence-electron chi connectivity index (χ4n) is 5.93.